The van der Waals surface area contributed by atoms with Crippen LogP contribution in [0.3, 0.4) is 0 Å². The van der Waals surface area contributed by atoms with Crippen molar-refractivity contribution < 1.29 is 9.47 Å². The van der Waals surface area contributed by atoms with Crippen LogP contribution in [-0.4, -0.2) is 38.9 Å². The highest BCUT2D eigenvalue weighted by molar-refractivity contribution is 5.79. The maximum atomic E-state index is 5.86. The predicted octanol–water partition coefficient (Wildman–Crippen LogP) is 2.88. The van der Waals surface area contributed by atoms with Gasteiger partial charge in [-0.25, -0.2) is 4.99 Å². The van der Waals surface area contributed by atoms with Crippen LogP contribution in [-0.2, 0) is 11.3 Å². The zero-order chi connectivity index (χ0) is 16.9. The molecule has 0 heterocycles. The van der Waals surface area contributed by atoms with Crippen LogP contribution >= 0.6 is 0 Å². The van der Waals surface area contributed by atoms with Gasteiger partial charge in [-0.15, -0.1) is 0 Å². The third kappa shape index (κ3) is 7.88. The summed E-state index contributed by atoms with van der Waals surface area (Å²) in [6, 6.07) is 6.23. The third-order valence-electron chi connectivity index (χ3n) is 3.21. The van der Waals surface area contributed by atoms with Gasteiger partial charge in [0.15, 0.2) is 5.96 Å². The minimum Gasteiger partial charge on any atom is -0.491 e. The number of rotatable bonds is 10. The highest BCUT2D eigenvalue weighted by atomic mass is 16.5. The summed E-state index contributed by atoms with van der Waals surface area (Å²) in [6.45, 7) is 12.5. The molecule has 23 heavy (non-hydrogen) atoms. The third-order valence-corrected chi connectivity index (χ3v) is 3.21. The number of aryl methyl sites for hydroxylation is 1. The Morgan fingerprint density at radius 1 is 1.13 bits per heavy atom. The van der Waals surface area contributed by atoms with Crippen molar-refractivity contribution in [3.05, 3.63) is 29.3 Å². The largest absolute Gasteiger partial charge is 0.491 e. The van der Waals surface area contributed by atoms with Crippen LogP contribution in [0.15, 0.2) is 23.2 Å². The molecule has 1 aromatic rings. The molecule has 1 rings (SSSR count). The molecule has 0 fully saturated rings. The molecule has 0 radical (unpaired) electrons. The number of ether oxygens (including phenoxy) is 2. The molecule has 5 nitrogen and oxygen atoms in total. The summed E-state index contributed by atoms with van der Waals surface area (Å²) < 4.78 is 11.2. The summed E-state index contributed by atoms with van der Waals surface area (Å²) in [5.74, 6) is 1.73. The normalized spacial score (nSPS) is 11.4. The van der Waals surface area contributed by atoms with Crippen molar-refractivity contribution in [1.29, 1.82) is 0 Å². The molecule has 0 aromatic heterocycles. The van der Waals surface area contributed by atoms with Crippen LogP contribution in [0.25, 0.3) is 0 Å². The highest BCUT2D eigenvalue weighted by Crippen LogP contribution is 2.21. The van der Waals surface area contributed by atoms with E-state index < -0.39 is 0 Å². The minimum absolute atomic E-state index is 0.558. The Hall–Kier alpha value is -1.75. The number of hydrogen-bond acceptors (Lipinski definition) is 3. The summed E-state index contributed by atoms with van der Waals surface area (Å²) in [6.07, 6.45) is 1.07. The van der Waals surface area contributed by atoms with E-state index in [4.69, 9.17) is 9.47 Å². The number of nitrogens with zero attached hydrogens (tertiary/aromatic N) is 1. The number of hydrogen-bond donors (Lipinski definition) is 2. The first-order valence-electron chi connectivity index (χ1n) is 8.53. The van der Waals surface area contributed by atoms with Crippen molar-refractivity contribution in [3.63, 3.8) is 0 Å². The minimum atomic E-state index is 0.558. The topological polar surface area (TPSA) is 54.9 Å². The second-order valence-electron chi connectivity index (χ2n) is 5.28. The first kappa shape index (κ1) is 19.3. The molecule has 0 aliphatic heterocycles. The highest BCUT2D eigenvalue weighted by Gasteiger charge is 2.05. The molecule has 0 amide bonds. The average Bonchev–Trinajstić information content (AvgIpc) is 2.55. The van der Waals surface area contributed by atoms with Gasteiger partial charge >= 0.3 is 0 Å². The van der Waals surface area contributed by atoms with Gasteiger partial charge < -0.3 is 20.1 Å². The lowest BCUT2D eigenvalue weighted by atomic mass is 10.1. The van der Waals surface area contributed by atoms with E-state index in [2.05, 4.69) is 54.6 Å². The van der Waals surface area contributed by atoms with Gasteiger partial charge in [0.25, 0.3) is 0 Å². The fourth-order valence-corrected chi connectivity index (χ4v) is 2.03. The molecular formula is C18H31N3O2. The van der Waals surface area contributed by atoms with E-state index in [1.165, 1.54) is 5.56 Å². The van der Waals surface area contributed by atoms with E-state index in [1.54, 1.807) is 0 Å². The fourth-order valence-electron chi connectivity index (χ4n) is 2.03. The second-order valence-corrected chi connectivity index (χ2v) is 5.28. The van der Waals surface area contributed by atoms with Gasteiger partial charge in [-0.3, -0.25) is 0 Å². The van der Waals surface area contributed by atoms with Crippen LogP contribution in [0.1, 0.15) is 38.3 Å². The molecule has 0 unspecified atom stereocenters. The van der Waals surface area contributed by atoms with Crippen LogP contribution in [0.5, 0.6) is 5.75 Å². The quantitative estimate of drug-likeness (QED) is 0.395. The van der Waals surface area contributed by atoms with Gasteiger partial charge in [-0.2, -0.15) is 0 Å². The number of benzene rings is 1. The fraction of sp³-hybridized carbons (Fsp3) is 0.611. The Bertz CT molecular complexity index is 475. The summed E-state index contributed by atoms with van der Waals surface area (Å²) >= 11 is 0. The van der Waals surface area contributed by atoms with Gasteiger partial charge in [-0.1, -0.05) is 19.1 Å². The van der Waals surface area contributed by atoms with Gasteiger partial charge in [0.2, 0.25) is 0 Å². The number of aliphatic imine (C=N–C) groups is 1. The molecular weight excluding hydrogens is 290 g/mol. The Balaban J connectivity index is 2.72. The summed E-state index contributed by atoms with van der Waals surface area (Å²) in [4.78, 5) is 4.64. The van der Waals surface area contributed by atoms with Crippen LogP contribution in [0.4, 0.5) is 0 Å². The summed E-state index contributed by atoms with van der Waals surface area (Å²) in [5, 5.41) is 6.57. The molecule has 0 spiro atoms. The van der Waals surface area contributed by atoms with Gasteiger partial charge in [0.05, 0.1) is 13.2 Å². The molecule has 0 aliphatic rings. The zero-order valence-corrected chi connectivity index (χ0v) is 14.9. The Morgan fingerprint density at radius 2 is 1.96 bits per heavy atom. The van der Waals surface area contributed by atoms with Crippen LogP contribution in [0.2, 0.25) is 0 Å². The van der Waals surface area contributed by atoms with Crippen molar-refractivity contribution >= 4 is 5.96 Å². The lowest BCUT2D eigenvalue weighted by Gasteiger charge is -2.13. The van der Waals surface area contributed by atoms with E-state index in [9.17, 15) is 0 Å². The maximum absolute atomic E-state index is 5.86. The lowest BCUT2D eigenvalue weighted by molar-refractivity contribution is 0.110. The Kier molecular flexibility index (Phi) is 9.87. The average molecular weight is 321 g/mol. The van der Waals surface area contributed by atoms with E-state index in [0.717, 1.165) is 36.8 Å². The van der Waals surface area contributed by atoms with Gasteiger partial charge in [-0.05, 0) is 38.8 Å². The Labute approximate surface area is 140 Å². The number of nitrogens with one attached hydrogen (secondary N) is 2. The van der Waals surface area contributed by atoms with E-state index in [0.29, 0.717) is 26.4 Å². The van der Waals surface area contributed by atoms with Gasteiger partial charge in [0, 0.05) is 25.3 Å². The second kappa shape index (κ2) is 11.8. The monoisotopic (exact) mass is 321 g/mol. The molecule has 0 saturated carbocycles. The smallest absolute Gasteiger partial charge is 0.191 e. The predicted molar refractivity (Wildman–Crippen MR) is 96.3 cm³/mol. The lowest BCUT2D eigenvalue weighted by Crippen LogP contribution is -2.37. The Morgan fingerprint density at radius 3 is 2.65 bits per heavy atom. The summed E-state index contributed by atoms with van der Waals surface area (Å²) in [7, 11) is 0. The van der Waals surface area contributed by atoms with Crippen LogP contribution in [0, 0.1) is 6.92 Å². The molecule has 2 N–H and O–H groups in total. The molecule has 0 saturated heterocycles. The van der Waals surface area contributed by atoms with Crippen molar-refractivity contribution in [3.8, 4) is 5.75 Å². The zero-order valence-electron chi connectivity index (χ0n) is 14.9. The summed E-state index contributed by atoms with van der Waals surface area (Å²) in [5.41, 5.74) is 2.26. The molecule has 1 aromatic carbocycles. The number of guanidine groups is 1. The van der Waals surface area contributed by atoms with Crippen molar-refractivity contribution in [2.45, 2.75) is 40.7 Å². The standard InChI is InChI=1S/C18H31N3O2/c1-5-10-20-18(19-6-2)21-14-16-9-8-15(4)13-17(16)23-12-11-22-7-3/h8-9,13H,5-7,10-12,14H2,1-4H3,(H2,19,20,21). The maximum Gasteiger partial charge on any atom is 0.191 e. The van der Waals surface area contributed by atoms with Crippen molar-refractivity contribution in [2.24, 2.45) is 4.99 Å². The first-order valence-corrected chi connectivity index (χ1v) is 8.53. The molecule has 5 heteroatoms. The molecule has 0 bridgehead atoms. The van der Waals surface area contributed by atoms with Crippen molar-refractivity contribution in [2.75, 3.05) is 32.9 Å². The van der Waals surface area contributed by atoms with Gasteiger partial charge in [0.1, 0.15) is 12.4 Å². The van der Waals surface area contributed by atoms with E-state index in [1.807, 2.05) is 6.92 Å². The molecule has 130 valence electrons. The van der Waals surface area contributed by atoms with E-state index in [-0.39, 0.29) is 0 Å². The first-order chi connectivity index (χ1) is 11.2. The van der Waals surface area contributed by atoms with Crippen LogP contribution < -0.4 is 15.4 Å². The van der Waals surface area contributed by atoms with E-state index >= 15 is 0 Å². The SMILES string of the molecule is CCCNC(=NCc1ccc(C)cc1OCCOCC)NCC. The van der Waals surface area contributed by atoms with Crippen molar-refractivity contribution in [1.82, 2.24) is 10.6 Å². The molecule has 0 aliphatic carbocycles. The molecule has 0 atom stereocenters.